The van der Waals surface area contributed by atoms with Gasteiger partial charge >= 0.3 is 11.9 Å². The van der Waals surface area contributed by atoms with Gasteiger partial charge in [0.2, 0.25) is 0 Å². The van der Waals surface area contributed by atoms with Gasteiger partial charge in [-0.05, 0) is 13.0 Å². The molecule has 0 spiro atoms. The van der Waals surface area contributed by atoms with Crippen LogP contribution in [0.25, 0.3) is 5.00 Å². The fourth-order valence-corrected chi connectivity index (χ4v) is 2.48. The summed E-state index contributed by atoms with van der Waals surface area (Å²) in [6.45, 7) is 1.41. The van der Waals surface area contributed by atoms with Crippen molar-refractivity contribution in [2.24, 2.45) is 0 Å². The Labute approximate surface area is 114 Å². The number of nitrogens with zero attached hydrogens (tertiary/aromatic N) is 3. The molecule has 2 heterocycles. The Bertz CT molecular complexity index is 648. The van der Waals surface area contributed by atoms with Crippen LogP contribution in [0.5, 0.6) is 0 Å². The van der Waals surface area contributed by atoms with Gasteiger partial charge < -0.3 is 5.11 Å². The van der Waals surface area contributed by atoms with Crippen LogP contribution in [0.4, 0.5) is 18.9 Å². The molecule has 0 unspecified atom stereocenters. The van der Waals surface area contributed by atoms with E-state index in [1.165, 1.54) is 6.92 Å². The molecule has 0 aromatic carbocycles. The molecule has 2 aromatic heterocycles. The van der Waals surface area contributed by atoms with Crippen molar-refractivity contribution in [3.05, 3.63) is 39.0 Å². The van der Waals surface area contributed by atoms with E-state index >= 15 is 0 Å². The lowest BCUT2D eigenvalue weighted by atomic mass is 10.3. The van der Waals surface area contributed by atoms with E-state index in [9.17, 15) is 28.4 Å². The first-order valence-corrected chi connectivity index (χ1v) is 6.11. The smallest absolute Gasteiger partial charge is 0.388 e. The first kappa shape index (κ1) is 14.5. The van der Waals surface area contributed by atoms with E-state index in [1.54, 1.807) is 0 Å². The van der Waals surface area contributed by atoms with Crippen LogP contribution in [0.15, 0.2) is 18.3 Å². The SMILES string of the molecule is C[C@@H](O)c1cc([N+](=O)[O-])c(-n2ccc(C(F)(F)F)n2)s1. The van der Waals surface area contributed by atoms with Crippen molar-refractivity contribution in [2.45, 2.75) is 19.2 Å². The Morgan fingerprint density at radius 1 is 1.55 bits per heavy atom. The molecule has 0 aliphatic heterocycles. The molecule has 2 aromatic rings. The topological polar surface area (TPSA) is 81.2 Å². The quantitative estimate of drug-likeness (QED) is 0.698. The summed E-state index contributed by atoms with van der Waals surface area (Å²) in [6.07, 6.45) is -4.58. The highest BCUT2D eigenvalue weighted by Crippen LogP contribution is 2.36. The van der Waals surface area contributed by atoms with Gasteiger partial charge in [-0.3, -0.25) is 10.1 Å². The fraction of sp³-hybridized carbons (Fsp3) is 0.300. The Hall–Kier alpha value is -1.94. The highest BCUT2D eigenvalue weighted by molar-refractivity contribution is 7.15. The lowest BCUT2D eigenvalue weighted by molar-refractivity contribution is -0.384. The van der Waals surface area contributed by atoms with Crippen molar-refractivity contribution in [3.8, 4) is 5.00 Å². The molecule has 108 valence electrons. The monoisotopic (exact) mass is 307 g/mol. The number of nitro groups is 1. The Kier molecular flexibility index (Phi) is 3.52. The third-order valence-corrected chi connectivity index (χ3v) is 3.69. The molecule has 2 rings (SSSR count). The van der Waals surface area contributed by atoms with E-state index in [1.807, 2.05) is 0 Å². The zero-order valence-corrected chi connectivity index (χ0v) is 10.8. The fourth-order valence-electron chi connectivity index (χ4n) is 1.48. The Balaban J connectivity index is 2.51. The van der Waals surface area contributed by atoms with Gasteiger partial charge in [-0.2, -0.15) is 18.3 Å². The molecular weight excluding hydrogens is 299 g/mol. The number of halogens is 3. The summed E-state index contributed by atoms with van der Waals surface area (Å²) in [5, 5.41) is 23.5. The minimum absolute atomic E-state index is 0.0820. The maximum Gasteiger partial charge on any atom is 0.435 e. The van der Waals surface area contributed by atoms with Gasteiger partial charge in [0.1, 0.15) is 0 Å². The molecule has 0 fully saturated rings. The second-order valence-electron chi connectivity index (χ2n) is 3.92. The molecular formula is C10H8F3N3O3S. The van der Waals surface area contributed by atoms with Gasteiger partial charge in [0.05, 0.1) is 11.0 Å². The molecule has 0 saturated carbocycles. The van der Waals surface area contributed by atoms with Crippen molar-refractivity contribution in [3.63, 3.8) is 0 Å². The molecule has 0 radical (unpaired) electrons. The third-order valence-electron chi connectivity index (χ3n) is 2.41. The van der Waals surface area contributed by atoms with E-state index < -0.39 is 28.6 Å². The van der Waals surface area contributed by atoms with Crippen molar-refractivity contribution < 1.29 is 23.2 Å². The minimum Gasteiger partial charge on any atom is -0.388 e. The van der Waals surface area contributed by atoms with Crippen LogP contribution in [-0.2, 0) is 6.18 Å². The van der Waals surface area contributed by atoms with Crippen molar-refractivity contribution >= 4 is 17.0 Å². The average molecular weight is 307 g/mol. The number of hydrogen-bond donors (Lipinski definition) is 1. The van der Waals surface area contributed by atoms with E-state index in [2.05, 4.69) is 5.10 Å². The summed E-state index contributed by atoms with van der Waals surface area (Å²) in [5.41, 5.74) is -1.54. The third kappa shape index (κ3) is 2.65. The molecule has 10 heteroatoms. The zero-order chi connectivity index (χ0) is 15.1. The van der Waals surface area contributed by atoms with Crippen molar-refractivity contribution in [1.29, 1.82) is 0 Å². The standard InChI is InChI=1S/C10H8F3N3O3S/c1-5(17)7-4-6(16(18)19)9(20-7)15-3-2-8(14-15)10(11,12)13/h2-5,17H,1H3/t5-/m1/s1. The number of thiophene rings is 1. The van der Waals surface area contributed by atoms with Crippen LogP contribution in [0.1, 0.15) is 23.6 Å². The second kappa shape index (κ2) is 4.87. The number of aliphatic hydroxyl groups is 1. The normalized spacial score (nSPS) is 13.4. The van der Waals surface area contributed by atoms with Crippen LogP contribution >= 0.6 is 11.3 Å². The minimum atomic E-state index is -4.62. The molecule has 0 aliphatic carbocycles. The predicted molar refractivity (Wildman–Crippen MR) is 63.7 cm³/mol. The van der Waals surface area contributed by atoms with Gasteiger partial charge in [-0.15, -0.1) is 11.3 Å². The number of aromatic nitrogens is 2. The molecule has 6 nitrogen and oxygen atoms in total. The lowest BCUT2D eigenvalue weighted by Gasteiger charge is -2.01. The summed E-state index contributed by atoms with van der Waals surface area (Å²) in [4.78, 5) is 10.4. The summed E-state index contributed by atoms with van der Waals surface area (Å²) in [6, 6.07) is 1.85. The highest BCUT2D eigenvalue weighted by atomic mass is 32.1. The van der Waals surface area contributed by atoms with Crippen LogP contribution < -0.4 is 0 Å². The number of rotatable bonds is 3. The molecule has 0 amide bonds. The number of alkyl halides is 3. The number of hydrogen-bond acceptors (Lipinski definition) is 5. The molecule has 1 N–H and O–H groups in total. The Morgan fingerprint density at radius 3 is 2.65 bits per heavy atom. The average Bonchev–Trinajstić information content (AvgIpc) is 2.94. The molecule has 0 saturated heterocycles. The van der Waals surface area contributed by atoms with Gasteiger partial charge in [0.25, 0.3) is 0 Å². The van der Waals surface area contributed by atoms with E-state index in [4.69, 9.17) is 0 Å². The maximum atomic E-state index is 12.5. The molecule has 0 bridgehead atoms. The van der Waals surface area contributed by atoms with Gasteiger partial charge in [0.15, 0.2) is 10.7 Å². The van der Waals surface area contributed by atoms with Gasteiger partial charge in [0, 0.05) is 17.1 Å². The van der Waals surface area contributed by atoms with Crippen molar-refractivity contribution in [2.75, 3.05) is 0 Å². The van der Waals surface area contributed by atoms with E-state index in [0.29, 0.717) is 0 Å². The molecule has 20 heavy (non-hydrogen) atoms. The summed E-state index contributed by atoms with van der Waals surface area (Å²) >= 11 is 0.814. The summed E-state index contributed by atoms with van der Waals surface area (Å²) < 4.78 is 38.2. The van der Waals surface area contributed by atoms with Gasteiger partial charge in [-0.1, -0.05) is 0 Å². The van der Waals surface area contributed by atoms with E-state index in [-0.39, 0.29) is 9.88 Å². The van der Waals surface area contributed by atoms with Crippen LogP contribution in [0, 0.1) is 10.1 Å². The van der Waals surface area contributed by atoms with E-state index in [0.717, 1.165) is 34.3 Å². The number of aliphatic hydroxyl groups excluding tert-OH is 1. The van der Waals surface area contributed by atoms with Crippen LogP contribution in [0.3, 0.4) is 0 Å². The first-order chi connectivity index (χ1) is 9.20. The van der Waals surface area contributed by atoms with Crippen molar-refractivity contribution in [1.82, 2.24) is 9.78 Å². The second-order valence-corrected chi connectivity index (χ2v) is 4.98. The first-order valence-electron chi connectivity index (χ1n) is 5.29. The van der Waals surface area contributed by atoms with Gasteiger partial charge in [-0.25, -0.2) is 4.68 Å². The highest BCUT2D eigenvalue weighted by Gasteiger charge is 2.34. The van der Waals surface area contributed by atoms with Crippen LogP contribution in [-0.4, -0.2) is 19.8 Å². The zero-order valence-electron chi connectivity index (χ0n) is 9.96. The lowest BCUT2D eigenvalue weighted by Crippen LogP contribution is -2.07. The maximum absolute atomic E-state index is 12.5. The molecule has 1 atom stereocenters. The predicted octanol–water partition coefficient (Wildman–Crippen LogP) is 2.91. The Morgan fingerprint density at radius 2 is 2.20 bits per heavy atom. The largest absolute Gasteiger partial charge is 0.435 e. The summed E-state index contributed by atoms with van der Waals surface area (Å²) in [7, 11) is 0. The van der Waals surface area contributed by atoms with Crippen LogP contribution in [0.2, 0.25) is 0 Å². The molecule has 0 aliphatic rings. The summed E-state index contributed by atoms with van der Waals surface area (Å²) in [5.74, 6) is 0.